The van der Waals surface area contributed by atoms with Crippen LogP contribution in [-0.2, 0) is 35.2 Å². The minimum absolute atomic E-state index is 0.0367. The van der Waals surface area contributed by atoms with E-state index < -0.39 is 65.2 Å². The molecule has 1 aliphatic carbocycles. The molecule has 0 aromatic heterocycles. The first-order chi connectivity index (χ1) is 31.0. The maximum absolute atomic E-state index is 14.7. The van der Waals surface area contributed by atoms with E-state index in [9.17, 15) is 43.8 Å². The molecule has 4 bridgehead atoms. The van der Waals surface area contributed by atoms with E-state index in [-0.39, 0.29) is 59.9 Å². The van der Waals surface area contributed by atoms with Crippen molar-refractivity contribution in [3.8, 4) is 33.8 Å². The van der Waals surface area contributed by atoms with E-state index in [0.29, 0.717) is 66.8 Å². The Bertz CT molecular complexity index is 2440. The highest BCUT2D eigenvalue weighted by Crippen LogP contribution is 2.40. The van der Waals surface area contributed by atoms with Crippen LogP contribution in [0, 0.1) is 17.8 Å². The van der Waals surface area contributed by atoms with Crippen molar-refractivity contribution in [2.75, 3.05) is 13.6 Å². The van der Waals surface area contributed by atoms with E-state index in [2.05, 4.69) is 10.6 Å². The minimum Gasteiger partial charge on any atom is -0.507 e. The second kappa shape index (κ2) is 21.7. The Morgan fingerprint density at radius 2 is 1.49 bits per heavy atom. The highest BCUT2D eigenvalue weighted by atomic mass is 35.5. The number of carbonyl (C=O) groups is 7. The SMILES string of the molecule is C[C@H](CC(=O)[C@@H]1Cc2ccc(O)c(c2)-c2cc(ccc2O)[C@H](N(C)C(=O)[C@H](CCCCN)CC(=O)c2ccc(-c3ccc(Cl)cc3)cc2)C(=O)C[C@@H](C)C(=O)N1)C(=O)N[C@H]1CCCC1=O. The summed E-state index contributed by atoms with van der Waals surface area (Å²) < 4.78 is 0. The van der Waals surface area contributed by atoms with Gasteiger partial charge in [0.1, 0.15) is 17.5 Å². The average Bonchev–Trinajstić information content (AvgIpc) is 3.69. The zero-order valence-electron chi connectivity index (χ0n) is 37.0. The summed E-state index contributed by atoms with van der Waals surface area (Å²) in [6, 6.07) is 20.3. The lowest BCUT2D eigenvalue weighted by Gasteiger charge is -2.32. The summed E-state index contributed by atoms with van der Waals surface area (Å²) in [7, 11) is 1.47. The molecule has 6 rings (SSSR count). The molecular weight excluding hydrogens is 848 g/mol. The van der Waals surface area contributed by atoms with Gasteiger partial charge in [0.25, 0.3) is 0 Å². The second-order valence-corrected chi connectivity index (χ2v) is 17.9. The van der Waals surface area contributed by atoms with Gasteiger partial charge in [0.05, 0.1) is 12.1 Å². The number of nitrogens with zero attached hydrogens (tertiary/aromatic N) is 1. The third kappa shape index (κ3) is 11.9. The third-order valence-corrected chi connectivity index (χ3v) is 12.8. The molecule has 13 nitrogen and oxygen atoms in total. The monoisotopic (exact) mass is 904 g/mol. The van der Waals surface area contributed by atoms with Crippen LogP contribution >= 0.6 is 11.6 Å². The molecule has 0 spiro atoms. The van der Waals surface area contributed by atoms with E-state index in [4.69, 9.17) is 17.3 Å². The van der Waals surface area contributed by atoms with Crippen molar-refractivity contribution in [3.63, 3.8) is 0 Å². The highest BCUT2D eigenvalue weighted by molar-refractivity contribution is 6.30. The van der Waals surface area contributed by atoms with Gasteiger partial charge in [0.15, 0.2) is 23.1 Å². The molecule has 1 heterocycles. The summed E-state index contributed by atoms with van der Waals surface area (Å²) in [5, 5.41) is 28.5. The Kier molecular flexibility index (Phi) is 16.1. The number of unbranched alkanes of at least 4 members (excludes halogenated alkanes) is 1. The number of phenols is 2. The zero-order chi connectivity index (χ0) is 46.9. The fourth-order valence-corrected chi connectivity index (χ4v) is 8.83. The Morgan fingerprint density at radius 1 is 0.846 bits per heavy atom. The molecule has 14 heteroatoms. The Morgan fingerprint density at radius 3 is 2.14 bits per heavy atom. The molecule has 6 atom stereocenters. The molecule has 0 saturated heterocycles. The van der Waals surface area contributed by atoms with Crippen molar-refractivity contribution < 1.29 is 43.8 Å². The van der Waals surface area contributed by atoms with E-state index in [1.165, 1.54) is 36.2 Å². The van der Waals surface area contributed by atoms with Gasteiger partial charge in [0, 0.05) is 72.2 Å². The summed E-state index contributed by atoms with van der Waals surface area (Å²) in [5.41, 5.74) is 9.18. The number of rotatable bonds is 15. The van der Waals surface area contributed by atoms with E-state index in [1.54, 1.807) is 50.2 Å². The Hall–Kier alpha value is -6.18. The number of ketones is 4. The molecule has 4 aromatic rings. The fraction of sp³-hybridized carbons (Fsp3) is 0.392. The third-order valence-electron chi connectivity index (χ3n) is 12.6. The van der Waals surface area contributed by atoms with Crippen LogP contribution < -0.4 is 16.4 Å². The summed E-state index contributed by atoms with van der Waals surface area (Å²) in [5.74, 6) is -5.92. The van der Waals surface area contributed by atoms with Crippen molar-refractivity contribution in [1.29, 1.82) is 0 Å². The second-order valence-electron chi connectivity index (χ2n) is 17.5. The molecule has 3 amide bonds. The number of hydrogen-bond acceptors (Lipinski definition) is 10. The molecule has 1 fully saturated rings. The first kappa shape index (κ1) is 48.3. The summed E-state index contributed by atoms with van der Waals surface area (Å²) in [4.78, 5) is 97.6. The maximum atomic E-state index is 14.7. The van der Waals surface area contributed by atoms with E-state index >= 15 is 0 Å². The molecular formula is C51H57ClN4O9. The van der Waals surface area contributed by atoms with E-state index in [1.807, 2.05) is 24.3 Å². The van der Waals surface area contributed by atoms with Crippen LogP contribution in [0.25, 0.3) is 22.3 Å². The van der Waals surface area contributed by atoms with Gasteiger partial charge in [-0.05, 0) is 97.3 Å². The molecule has 0 radical (unpaired) electrons. The summed E-state index contributed by atoms with van der Waals surface area (Å²) in [6.45, 7) is 3.50. The van der Waals surface area contributed by atoms with Crippen LogP contribution in [0.5, 0.6) is 11.5 Å². The van der Waals surface area contributed by atoms with Gasteiger partial charge < -0.3 is 31.5 Å². The van der Waals surface area contributed by atoms with Crippen LogP contribution in [-0.4, -0.2) is 81.6 Å². The number of hydrogen-bond donors (Lipinski definition) is 5. The number of phenolic OH excluding ortho intramolecular Hbond substituents is 2. The number of fused-ring (bicyclic) bond motifs is 5. The average molecular weight is 905 g/mol. The van der Waals surface area contributed by atoms with Crippen LogP contribution in [0.2, 0.25) is 5.02 Å². The smallest absolute Gasteiger partial charge is 0.226 e. The van der Waals surface area contributed by atoms with Crippen LogP contribution in [0.4, 0.5) is 0 Å². The summed E-state index contributed by atoms with van der Waals surface area (Å²) >= 11 is 6.06. The number of aromatic hydroxyl groups is 2. The number of Topliss-reactive ketones (excluding diaryl/α,β-unsaturated/α-hetero) is 4. The molecule has 0 unspecified atom stereocenters. The molecule has 65 heavy (non-hydrogen) atoms. The van der Waals surface area contributed by atoms with Gasteiger partial charge in [-0.3, -0.25) is 33.6 Å². The molecule has 1 saturated carbocycles. The van der Waals surface area contributed by atoms with Crippen molar-refractivity contribution >= 4 is 52.5 Å². The predicted molar refractivity (Wildman–Crippen MR) is 247 cm³/mol. The van der Waals surface area contributed by atoms with Crippen LogP contribution in [0.3, 0.4) is 0 Å². The molecule has 4 aromatic carbocycles. The largest absolute Gasteiger partial charge is 0.507 e. The van der Waals surface area contributed by atoms with Crippen molar-refractivity contribution in [2.24, 2.45) is 23.5 Å². The topological polar surface area (TPSA) is 213 Å². The zero-order valence-corrected chi connectivity index (χ0v) is 37.7. The summed E-state index contributed by atoms with van der Waals surface area (Å²) in [6.07, 6.45) is 2.26. The maximum Gasteiger partial charge on any atom is 0.226 e. The Balaban J connectivity index is 1.29. The number of nitrogens with two attached hydrogens (primary N) is 1. The van der Waals surface area contributed by atoms with Gasteiger partial charge in [-0.15, -0.1) is 0 Å². The quantitative estimate of drug-likeness (QED) is 0.0605. The first-order valence-corrected chi connectivity index (χ1v) is 22.6. The van der Waals surface area contributed by atoms with Gasteiger partial charge in [-0.1, -0.05) is 80.4 Å². The number of amides is 3. The van der Waals surface area contributed by atoms with Crippen molar-refractivity contribution in [3.05, 3.63) is 107 Å². The van der Waals surface area contributed by atoms with Crippen LogP contribution in [0.1, 0.15) is 99.2 Å². The number of likely N-dealkylation sites (N-methyl/N-ethyl adjacent to an activating group) is 1. The number of nitrogens with one attached hydrogen (secondary N) is 2. The van der Waals surface area contributed by atoms with Gasteiger partial charge >= 0.3 is 0 Å². The normalized spacial score (nSPS) is 19.7. The Labute approximate surface area is 384 Å². The van der Waals surface area contributed by atoms with Crippen LogP contribution in [0.15, 0.2) is 84.9 Å². The minimum atomic E-state index is -1.29. The lowest BCUT2D eigenvalue weighted by Crippen LogP contribution is -2.47. The number of benzene rings is 4. The van der Waals surface area contributed by atoms with E-state index in [0.717, 1.165) is 11.1 Å². The standard InChI is InChI=1S/C51H57ClN4O9/c1-29(49(63)54-40-8-6-9-44(40)59)23-46(61)41-26-31-10-20-42(57)38(25-31)39-27-35(17-21-43(39)58)48(47(62)24-30(2)50(64)55-41)56(3)51(65)36(7-4-5-22-53)28-45(60)34-13-11-32(12-14-34)33-15-18-37(52)19-16-33/h10-21,25,27,29-30,36,40-41,48,57-58H,4-9,22-24,26,28,53H2,1-3H3,(H,54,63)(H,55,64)/t29-,30-,36-,40+,41+,48+/m1/s1. The highest BCUT2D eigenvalue weighted by Gasteiger charge is 2.37. The lowest BCUT2D eigenvalue weighted by molar-refractivity contribution is -0.142. The van der Waals surface area contributed by atoms with Gasteiger partial charge in [-0.25, -0.2) is 0 Å². The first-order valence-electron chi connectivity index (χ1n) is 22.2. The molecule has 6 N–H and O–H groups in total. The lowest BCUT2D eigenvalue weighted by atomic mass is 9.87. The molecule has 1 aliphatic heterocycles. The van der Waals surface area contributed by atoms with Gasteiger partial charge in [-0.2, -0.15) is 0 Å². The number of carbonyl (C=O) groups excluding carboxylic acids is 7. The molecule has 342 valence electrons. The predicted octanol–water partition coefficient (Wildman–Crippen LogP) is 7.07. The van der Waals surface area contributed by atoms with Crippen molar-refractivity contribution in [1.82, 2.24) is 15.5 Å². The van der Waals surface area contributed by atoms with Gasteiger partial charge in [0.2, 0.25) is 17.7 Å². The number of halogens is 1. The fourth-order valence-electron chi connectivity index (χ4n) is 8.71. The van der Waals surface area contributed by atoms with Crippen molar-refractivity contribution in [2.45, 2.75) is 96.2 Å². The molecule has 2 aliphatic rings.